The molecule has 1 spiro atoms. The average molecular weight is 354 g/mol. The van der Waals surface area contributed by atoms with Crippen molar-refractivity contribution in [3.63, 3.8) is 0 Å². The Bertz CT molecular complexity index is 807. The van der Waals surface area contributed by atoms with Crippen LogP contribution in [0.5, 0.6) is 0 Å². The van der Waals surface area contributed by atoms with Crippen molar-refractivity contribution in [1.82, 2.24) is 0 Å². The molecule has 1 aliphatic carbocycles. The topological polar surface area (TPSA) is 63.9 Å². The van der Waals surface area contributed by atoms with Gasteiger partial charge in [0.1, 0.15) is 5.76 Å². The number of furan rings is 1. The number of carbonyl (C=O) groups is 1. The van der Waals surface area contributed by atoms with Gasteiger partial charge in [0.25, 0.3) is 11.7 Å². The second-order valence-electron chi connectivity index (χ2n) is 7.19. The van der Waals surface area contributed by atoms with Crippen LogP contribution in [0.1, 0.15) is 30.6 Å². The summed E-state index contributed by atoms with van der Waals surface area (Å²) in [6.45, 7) is 2.40. The van der Waals surface area contributed by atoms with E-state index in [1.54, 1.807) is 6.26 Å². The molecule has 5 rings (SSSR count). The normalized spacial score (nSPS) is 21.2. The highest BCUT2D eigenvalue weighted by Crippen LogP contribution is 2.47. The summed E-state index contributed by atoms with van der Waals surface area (Å²) in [6.07, 6.45) is 4.85. The number of nitrogens with zero attached hydrogens (tertiary/aromatic N) is 1. The summed E-state index contributed by atoms with van der Waals surface area (Å²) >= 11 is 0. The van der Waals surface area contributed by atoms with Gasteiger partial charge in [0.15, 0.2) is 0 Å². The van der Waals surface area contributed by atoms with E-state index in [2.05, 4.69) is 5.32 Å². The molecule has 0 radical (unpaired) electrons. The monoisotopic (exact) mass is 354 g/mol. The number of amides is 1. The number of hydrogen-bond acceptors (Lipinski definition) is 5. The highest BCUT2D eigenvalue weighted by atomic mass is 16.7. The molecule has 1 amide bonds. The molecule has 136 valence electrons. The largest absolute Gasteiger partial charge is 0.467 e. The molecule has 2 aliphatic heterocycles. The molecule has 3 heterocycles. The average Bonchev–Trinajstić information content (AvgIpc) is 3.30. The van der Waals surface area contributed by atoms with Gasteiger partial charge in [-0.2, -0.15) is 0 Å². The van der Waals surface area contributed by atoms with Gasteiger partial charge in [-0.05, 0) is 55.5 Å². The Morgan fingerprint density at radius 2 is 2.04 bits per heavy atom. The van der Waals surface area contributed by atoms with Gasteiger partial charge < -0.3 is 24.1 Å². The summed E-state index contributed by atoms with van der Waals surface area (Å²) in [5.41, 5.74) is 2.64. The number of benzene rings is 1. The zero-order chi connectivity index (χ0) is 17.6. The molecule has 1 aromatic carbocycles. The maximum absolute atomic E-state index is 13.2. The maximum Gasteiger partial charge on any atom is 0.292 e. The van der Waals surface area contributed by atoms with Gasteiger partial charge in [0.05, 0.1) is 31.7 Å². The minimum absolute atomic E-state index is 0.0812. The zero-order valence-corrected chi connectivity index (χ0v) is 14.6. The maximum atomic E-state index is 13.2. The van der Waals surface area contributed by atoms with Crippen LogP contribution in [0.2, 0.25) is 0 Å². The molecule has 2 aromatic rings. The first-order chi connectivity index (χ1) is 12.8. The molecule has 0 unspecified atom stereocenters. The zero-order valence-electron chi connectivity index (χ0n) is 14.6. The fourth-order valence-corrected chi connectivity index (χ4v) is 3.70. The number of ether oxygens (including phenoxy) is 2. The van der Waals surface area contributed by atoms with Crippen molar-refractivity contribution in [1.29, 1.82) is 0 Å². The summed E-state index contributed by atoms with van der Waals surface area (Å²) in [5.74, 6) is 0.103. The molecule has 3 aliphatic rings. The van der Waals surface area contributed by atoms with Gasteiger partial charge in [0, 0.05) is 17.8 Å². The predicted molar refractivity (Wildman–Crippen MR) is 95.8 cm³/mol. The number of hydrogen-bond donors (Lipinski definition) is 1. The lowest BCUT2D eigenvalue weighted by molar-refractivity contribution is -0.256. The van der Waals surface area contributed by atoms with Crippen molar-refractivity contribution in [3.8, 4) is 0 Å². The van der Waals surface area contributed by atoms with E-state index in [0.717, 1.165) is 35.7 Å². The standard InChI is InChI=1S/C20H22N2O4/c23-19-20(25-9-2-10-26-20)17-11-15(21-12-16-3-1-8-24-16)6-7-18(17)22(19)13-14-4-5-14/h1,3,6-8,11,14,21H,2,4-5,9-10,12-13H2. The van der Waals surface area contributed by atoms with Crippen molar-refractivity contribution in [2.24, 2.45) is 5.92 Å². The van der Waals surface area contributed by atoms with E-state index in [-0.39, 0.29) is 5.91 Å². The molecule has 1 aromatic heterocycles. The molecule has 1 saturated heterocycles. The van der Waals surface area contributed by atoms with Crippen LogP contribution in [0.25, 0.3) is 0 Å². The molecule has 1 saturated carbocycles. The van der Waals surface area contributed by atoms with E-state index in [0.29, 0.717) is 25.7 Å². The lowest BCUT2D eigenvalue weighted by atomic mass is 10.1. The molecule has 0 atom stereocenters. The lowest BCUT2D eigenvalue weighted by Gasteiger charge is -2.32. The van der Waals surface area contributed by atoms with E-state index >= 15 is 0 Å². The van der Waals surface area contributed by atoms with Gasteiger partial charge in [-0.1, -0.05) is 0 Å². The van der Waals surface area contributed by atoms with E-state index in [1.807, 2.05) is 35.2 Å². The van der Waals surface area contributed by atoms with Crippen molar-refractivity contribution < 1.29 is 18.7 Å². The Morgan fingerprint density at radius 3 is 2.77 bits per heavy atom. The first-order valence-corrected chi connectivity index (χ1v) is 9.27. The number of anilines is 2. The van der Waals surface area contributed by atoms with Crippen LogP contribution in [0.4, 0.5) is 11.4 Å². The Balaban J connectivity index is 1.47. The quantitative estimate of drug-likeness (QED) is 0.893. The molecular formula is C20H22N2O4. The van der Waals surface area contributed by atoms with Gasteiger partial charge in [-0.3, -0.25) is 4.79 Å². The SMILES string of the molecule is O=C1N(CC2CC2)c2ccc(NCc3ccco3)cc2C12OCCCO2. The number of fused-ring (bicyclic) bond motifs is 2. The van der Waals surface area contributed by atoms with Gasteiger partial charge in [-0.25, -0.2) is 0 Å². The van der Waals surface area contributed by atoms with Gasteiger partial charge >= 0.3 is 0 Å². The molecule has 2 fully saturated rings. The summed E-state index contributed by atoms with van der Waals surface area (Å²) in [6, 6.07) is 9.77. The molecular weight excluding hydrogens is 332 g/mol. The third-order valence-electron chi connectivity index (χ3n) is 5.25. The van der Waals surface area contributed by atoms with Gasteiger partial charge in [0.2, 0.25) is 0 Å². The minimum Gasteiger partial charge on any atom is -0.467 e. The van der Waals surface area contributed by atoms with Crippen LogP contribution in [-0.2, 0) is 26.6 Å². The van der Waals surface area contributed by atoms with Crippen LogP contribution in [0, 0.1) is 5.92 Å². The number of carbonyl (C=O) groups excluding carboxylic acids is 1. The Kier molecular flexibility index (Phi) is 3.76. The molecule has 26 heavy (non-hydrogen) atoms. The lowest BCUT2D eigenvalue weighted by Crippen LogP contribution is -2.47. The van der Waals surface area contributed by atoms with Crippen LogP contribution in [-0.4, -0.2) is 25.7 Å². The fraction of sp³-hybridized carbons (Fsp3) is 0.450. The van der Waals surface area contributed by atoms with Gasteiger partial charge in [-0.15, -0.1) is 0 Å². The molecule has 6 nitrogen and oxygen atoms in total. The Morgan fingerprint density at radius 1 is 1.19 bits per heavy atom. The van der Waals surface area contributed by atoms with E-state index < -0.39 is 5.79 Å². The molecule has 6 heteroatoms. The smallest absolute Gasteiger partial charge is 0.292 e. The second-order valence-corrected chi connectivity index (χ2v) is 7.19. The summed E-state index contributed by atoms with van der Waals surface area (Å²) < 4.78 is 17.3. The number of nitrogens with one attached hydrogen (secondary N) is 1. The van der Waals surface area contributed by atoms with E-state index in [4.69, 9.17) is 13.9 Å². The highest BCUT2D eigenvalue weighted by Gasteiger charge is 2.55. The minimum atomic E-state index is -1.27. The fourth-order valence-electron chi connectivity index (χ4n) is 3.70. The third kappa shape index (κ3) is 2.61. The van der Waals surface area contributed by atoms with Crippen molar-refractivity contribution >= 4 is 17.3 Å². The van der Waals surface area contributed by atoms with Crippen molar-refractivity contribution in [2.75, 3.05) is 30.0 Å². The van der Waals surface area contributed by atoms with Crippen molar-refractivity contribution in [3.05, 3.63) is 47.9 Å². The second kappa shape index (κ2) is 6.14. The summed E-state index contributed by atoms with van der Waals surface area (Å²) in [4.78, 5) is 15.1. The first-order valence-electron chi connectivity index (χ1n) is 9.27. The summed E-state index contributed by atoms with van der Waals surface area (Å²) in [7, 11) is 0. The van der Waals surface area contributed by atoms with E-state index in [1.165, 1.54) is 12.8 Å². The van der Waals surface area contributed by atoms with Crippen LogP contribution in [0.3, 0.4) is 0 Å². The first kappa shape index (κ1) is 15.9. The van der Waals surface area contributed by atoms with Crippen LogP contribution >= 0.6 is 0 Å². The van der Waals surface area contributed by atoms with Crippen LogP contribution in [0.15, 0.2) is 41.0 Å². The Hall–Kier alpha value is -2.31. The predicted octanol–water partition coefficient (Wildman–Crippen LogP) is 3.24. The Labute approximate surface area is 152 Å². The third-order valence-corrected chi connectivity index (χ3v) is 5.25. The van der Waals surface area contributed by atoms with E-state index in [9.17, 15) is 4.79 Å². The van der Waals surface area contributed by atoms with Crippen molar-refractivity contribution in [2.45, 2.75) is 31.6 Å². The number of rotatable bonds is 5. The van der Waals surface area contributed by atoms with Crippen LogP contribution < -0.4 is 10.2 Å². The highest BCUT2D eigenvalue weighted by molar-refractivity contribution is 6.06. The summed E-state index contributed by atoms with van der Waals surface area (Å²) in [5, 5.41) is 3.35. The molecule has 1 N–H and O–H groups in total. The molecule has 0 bridgehead atoms.